The number of hydrogen-bond donors (Lipinski definition) is 4. The van der Waals surface area contributed by atoms with Crippen molar-refractivity contribution in [2.24, 2.45) is 17.9 Å². The predicted octanol–water partition coefficient (Wildman–Crippen LogP) is -0.883. The number of aromatic nitrogens is 3. The molecule has 0 radical (unpaired) electrons. The van der Waals surface area contributed by atoms with E-state index in [1.807, 2.05) is 28.8 Å². The fraction of sp³-hybridized carbons (Fsp3) is 0.385. The van der Waals surface area contributed by atoms with Crippen molar-refractivity contribution in [2.45, 2.75) is 44.5 Å². The Hall–Kier alpha value is -4.63. The lowest BCUT2D eigenvalue weighted by molar-refractivity contribution is -0.753. The smallest absolute Gasteiger partial charge is 0.348 e. The summed E-state index contributed by atoms with van der Waals surface area (Å²) in [6.45, 7) is 3.39. The summed E-state index contributed by atoms with van der Waals surface area (Å²) in [6, 6.07) is 5.42. The number of oxime groups is 1. The lowest BCUT2D eigenvalue weighted by Crippen LogP contribution is -2.76. The maximum absolute atomic E-state index is 13.2. The molecule has 1 aliphatic heterocycles. The summed E-state index contributed by atoms with van der Waals surface area (Å²) >= 11 is 0.974. The highest BCUT2D eigenvalue weighted by molar-refractivity contribution is 7.80. The molecule has 248 valence electrons. The van der Waals surface area contributed by atoms with Crippen molar-refractivity contribution in [3.8, 4) is 16.9 Å². The summed E-state index contributed by atoms with van der Waals surface area (Å²) in [5.41, 5.74) is 11.1. The van der Waals surface area contributed by atoms with Crippen LogP contribution in [0, 0.1) is 0 Å². The number of β-lactam (4-membered cyclic amide) rings is 1. The Kier molecular flexibility index (Phi) is 10.3. The van der Waals surface area contributed by atoms with Gasteiger partial charge in [-0.1, -0.05) is 17.3 Å². The van der Waals surface area contributed by atoms with Gasteiger partial charge in [-0.3, -0.25) is 9.59 Å². The molecule has 3 aromatic rings. The molecule has 1 aliphatic rings. The minimum Gasteiger partial charge on any atom is -0.724 e. The third-order valence-corrected chi connectivity index (χ3v) is 7.84. The number of anilines is 1. The molecule has 2 amide bonds. The molecule has 0 spiro atoms. The van der Waals surface area contributed by atoms with E-state index >= 15 is 0 Å². The van der Waals surface area contributed by atoms with E-state index in [0.717, 1.165) is 35.4 Å². The Labute approximate surface area is 267 Å². The van der Waals surface area contributed by atoms with Crippen LogP contribution in [0.25, 0.3) is 11.1 Å². The minimum absolute atomic E-state index is 0.0477. The van der Waals surface area contributed by atoms with Gasteiger partial charge in [0.1, 0.15) is 17.5 Å². The van der Waals surface area contributed by atoms with Crippen molar-refractivity contribution in [1.29, 1.82) is 0 Å². The van der Waals surface area contributed by atoms with Crippen molar-refractivity contribution in [2.75, 3.05) is 18.9 Å². The number of nitrogen functional groups attached to an aromatic ring is 1. The van der Waals surface area contributed by atoms with Crippen LogP contribution in [0.15, 0.2) is 47.2 Å². The fourth-order valence-electron chi connectivity index (χ4n) is 4.42. The van der Waals surface area contributed by atoms with Crippen LogP contribution in [-0.4, -0.2) is 87.1 Å². The van der Waals surface area contributed by atoms with Crippen molar-refractivity contribution >= 4 is 50.4 Å². The van der Waals surface area contributed by atoms with E-state index in [1.165, 1.54) is 19.2 Å². The number of carboxylic acid groups (broad SMARTS) is 1. The maximum atomic E-state index is 13.2. The second-order valence-electron chi connectivity index (χ2n) is 10.5. The van der Waals surface area contributed by atoms with Crippen molar-refractivity contribution in [3.63, 3.8) is 0 Å². The number of amides is 2. The number of aliphatic carboxylic acids is 1. The van der Waals surface area contributed by atoms with Crippen LogP contribution in [0.5, 0.6) is 5.75 Å². The Morgan fingerprint density at radius 3 is 2.54 bits per heavy atom. The Morgan fingerprint density at radius 2 is 1.98 bits per heavy atom. The summed E-state index contributed by atoms with van der Waals surface area (Å²) in [4.78, 5) is 46.7. The first kappa shape index (κ1) is 34.2. The number of hydroxylamine groups is 2. The molecular formula is C26H32N8O10S2. The number of benzene rings is 1. The number of ether oxygens (including phenoxy) is 1. The molecule has 0 aliphatic carbocycles. The second kappa shape index (κ2) is 13.8. The van der Waals surface area contributed by atoms with Gasteiger partial charge >= 0.3 is 5.97 Å². The molecule has 0 bridgehead atoms. The highest BCUT2D eigenvalue weighted by Gasteiger charge is 2.57. The number of carbonyl (C=O) groups is 3. The van der Waals surface area contributed by atoms with E-state index in [9.17, 15) is 32.5 Å². The van der Waals surface area contributed by atoms with Gasteiger partial charge in [-0.2, -0.15) is 14.0 Å². The molecule has 1 fully saturated rings. The van der Waals surface area contributed by atoms with Crippen LogP contribution in [0.1, 0.15) is 26.0 Å². The van der Waals surface area contributed by atoms with Crippen molar-refractivity contribution in [1.82, 2.24) is 20.0 Å². The zero-order valence-corrected chi connectivity index (χ0v) is 26.5. The summed E-state index contributed by atoms with van der Waals surface area (Å²) in [7, 11) is -3.34. The lowest BCUT2D eigenvalue weighted by atomic mass is 9.84. The average molecular weight is 681 g/mol. The van der Waals surface area contributed by atoms with Gasteiger partial charge in [0.05, 0.1) is 23.8 Å². The molecule has 2 atom stereocenters. The van der Waals surface area contributed by atoms with Gasteiger partial charge in [-0.05, 0) is 44.5 Å². The zero-order chi connectivity index (χ0) is 33.8. The van der Waals surface area contributed by atoms with Gasteiger partial charge in [-0.15, -0.1) is 16.0 Å². The Bertz CT molecular complexity index is 1740. The molecule has 18 nitrogen and oxygen atoms in total. The third kappa shape index (κ3) is 7.95. The molecule has 20 heteroatoms. The topological polar surface area (TPSA) is 258 Å². The van der Waals surface area contributed by atoms with Gasteiger partial charge in [0.2, 0.25) is 22.7 Å². The van der Waals surface area contributed by atoms with E-state index in [2.05, 4.69) is 19.7 Å². The van der Waals surface area contributed by atoms with E-state index in [1.54, 1.807) is 24.3 Å². The molecule has 0 saturated carbocycles. The monoisotopic (exact) mass is 680 g/mol. The SMILES string of the molecule is C[n+]1cc(-c2ccc(OC(CON=C(C(=O)N[C@@H]3C(=O)N(OS(=O)(=O)[O-])C3(C)C)c3csc(N)n3)C(=O)O)cc2)cn1CCCN. The normalized spacial score (nSPS) is 16.9. The Balaban J connectivity index is 1.44. The first-order valence-corrected chi connectivity index (χ1v) is 15.8. The number of aryl methyl sites for hydroxylation is 2. The van der Waals surface area contributed by atoms with E-state index in [4.69, 9.17) is 21.0 Å². The highest BCUT2D eigenvalue weighted by atomic mass is 32.3. The van der Waals surface area contributed by atoms with Gasteiger partial charge in [0.15, 0.2) is 24.5 Å². The highest BCUT2D eigenvalue weighted by Crippen LogP contribution is 2.33. The zero-order valence-electron chi connectivity index (χ0n) is 24.9. The van der Waals surface area contributed by atoms with E-state index in [-0.39, 0.29) is 16.6 Å². The number of thiazole rings is 1. The number of carboxylic acids is 1. The number of carbonyl (C=O) groups excluding carboxylic acids is 2. The fourth-order valence-corrected chi connectivity index (χ4v) is 5.41. The van der Waals surface area contributed by atoms with E-state index < -0.39 is 58.2 Å². The summed E-state index contributed by atoms with van der Waals surface area (Å²) in [6.07, 6.45) is 3.21. The van der Waals surface area contributed by atoms with Gasteiger partial charge in [-0.25, -0.2) is 18.2 Å². The van der Waals surface area contributed by atoms with Crippen LogP contribution in [0.3, 0.4) is 0 Å². The molecular weight excluding hydrogens is 648 g/mol. The summed E-state index contributed by atoms with van der Waals surface area (Å²) < 4.78 is 46.6. The van der Waals surface area contributed by atoms with Gasteiger partial charge in [0, 0.05) is 5.38 Å². The number of nitrogens with zero attached hydrogens (tertiary/aromatic N) is 5. The second-order valence-corrected chi connectivity index (χ2v) is 12.4. The van der Waals surface area contributed by atoms with Crippen LogP contribution in [0.4, 0.5) is 5.13 Å². The minimum atomic E-state index is -5.25. The largest absolute Gasteiger partial charge is 0.724 e. The molecule has 1 saturated heterocycles. The van der Waals surface area contributed by atoms with Crippen molar-refractivity contribution < 1.29 is 51.0 Å². The maximum Gasteiger partial charge on any atom is 0.348 e. The Morgan fingerprint density at radius 1 is 1.28 bits per heavy atom. The third-order valence-electron chi connectivity index (χ3n) is 6.83. The molecule has 46 heavy (non-hydrogen) atoms. The lowest BCUT2D eigenvalue weighted by Gasteiger charge is -2.51. The van der Waals surface area contributed by atoms with Gasteiger partial charge in [0.25, 0.3) is 11.8 Å². The standard InChI is InChI=1S/C26H32N8O10S2/c1-26(2)21(23(36)34(26)44-46(39,40)41)30-22(35)20(18-14-45-25(28)29-18)31-42-13-19(24(37)38)43-17-7-5-15(6-8-17)16-11-32(3)33(12-16)10-4-9-27/h5-8,11-12,14,19,21H,4,9-10,13,27H2,1-3H3,(H4-,28,29,30,35,37,38,39,40,41)/t19?,21-/m1/s1. The first-order chi connectivity index (χ1) is 21.6. The van der Waals surface area contributed by atoms with Crippen molar-refractivity contribution in [3.05, 3.63) is 47.7 Å². The van der Waals surface area contributed by atoms with E-state index in [0.29, 0.717) is 11.6 Å². The molecule has 3 heterocycles. The summed E-state index contributed by atoms with van der Waals surface area (Å²) in [5.74, 6) is -3.14. The van der Waals surface area contributed by atoms with Crippen LogP contribution in [-0.2, 0) is 47.5 Å². The number of nitrogens with one attached hydrogen (secondary N) is 1. The van der Waals surface area contributed by atoms with Crippen LogP contribution < -0.4 is 26.2 Å². The molecule has 4 rings (SSSR count). The first-order valence-electron chi connectivity index (χ1n) is 13.6. The number of nitrogens with two attached hydrogens (primary N) is 2. The molecule has 1 unspecified atom stereocenters. The number of rotatable bonds is 15. The predicted molar refractivity (Wildman–Crippen MR) is 159 cm³/mol. The number of hydrogen-bond acceptors (Lipinski definition) is 14. The van der Waals surface area contributed by atoms with Gasteiger partial charge < -0.3 is 36.0 Å². The molecule has 6 N–H and O–H groups in total. The summed E-state index contributed by atoms with van der Waals surface area (Å²) in [5, 5.41) is 17.6. The van der Waals surface area contributed by atoms with Crippen LogP contribution in [0.2, 0.25) is 0 Å². The quantitative estimate of drug-likeness (QED) is 0.0380. The molecule has 1 aromatic carbocycles. The molecule has 2 aromatic heterocycles. The van der Waals surface area contributed by atoms with Crippen LogP contribution >= 0.6 is 11.3 Å². The average Bonchev–Trinajstić information content (AvgIpc) is 3.59.